The van der Waals surface area contributed by atoms with Gasteiger partial charge in [0.25, 0.3) is 5.91 Å². The molecule has 0 spiro atoms. The van der Waals surface area contributed by atoms with E-state index in [4.69, 9.17) is 5.11 Å². The first kappa shape index (κ1) is 19.2. The molecule has 2 aromatic carbocycles. The van der Waals surface area contributed by atoms with Gasteiger partial charge in [-0.25, -0.2) is 4.79 Å². The molecule has 2 aromatic rings. The molecule has 6 heteroatoms. The molecule has 26 heavy (non-hydrogen) atoms. The van der Waals surface area contributed by atoms with Crippen molar-refractivity contribution in [3.05, 3.63) is 59.2 Å². The zero-order valence-corrected chi connectivity index (χ0v) is 15.0. The fourth-order valence-corrected chi connectivity index (χ4v) is 2.42. The molecule has 0 saturated carbocycles. The van der Waals surface area contributed by atoms with Crippen LogP contribution in [0.15, 0.2) is 42.5 Å². The van der Waals surface area contributed by atoms with Crippen LogP contribution in [-0.2, 0) is 4.79 Å². The predicted molar refractivity (Wildman–Crippen MR) is 101 cm³/mol. The van der Waals surface area contributed by atoms with Crippen molar-refractivity contribution in [2.75, 3.05) is 10.6 Å². The summed E-state index contributed by atoms with van der Waals surface area (Å²) >= 11 is 0. The molecular formula is C20H22N2O4. The highest BCUT2D eigenvalue weighted by Gasteiger charge is 2.11. The number of hydrogen-bond acceptors (Lipinski definition) is 3. The van der Waals surface area contributed by atoms with Gasteiger partial charge >= 0.3 is 5.97 Å². The first-order valence-corrected chi connectivity index (χ1v) is 8.31. The van der Waals surface area contributed by atoms with E-state index in [9.17, 15) is 14.4 Å². The van der Waals surface area contributed by atoms with Crippen LogP contribution in [0.1, 0.15) is 46.5 Å². The molecule has 0 fully saturated rings. The minimum absolute atomic E-state index is 0.0566. The molecule has 0 saturated heterocycles. The number of carbonyl (C=O) groups excluding carboxylic acids is 2. The predicted octanol–water partition coefficient (Wildman–Crippen LogP) is 3.93. The van der Waals surface area contributed by atoms with Crippen LogP contribution in [0, 0.1) is 12.8 Å². The summed E-state index contributed by atoms with van der Waals surface area (Å²) < 4.78 is 0. The molecule has 0 aliphatic rings. The third-order valence-electron chi connectivity index (χ3n) is 3.75. The number of nitrogens with one attached hydrogen (secondary N) is 2. The molecule has 0 bridgehead atoms. The van der Waals surface area contributed by atoms with Gasteiger partial charge in [0, 0.05) is 23.4 Å². The second-order valence-corrected chi connectivity index (χ2v) is 6.51. The fraction of sp³-hybridized carbons (Fsp3) is 0.250. The number of aryl methyl sites for hydroxylation is 1. The number of benzene rings is 2. The highest BCUT2D eigenvalue weighted by Crippen LogP contribution is 2.19. The molecule has 0 unspecified atom stereocenters. The second-order valence-electron chi connectivity index (χ2n) is 6.51. The Kier molecular flexibility index (Phi) is 6.11. The Hall–Kier alpha value is -3.15. The average molecular weight is 354 g/mol. The van der Waals surface area contributed by atoms with E-state index in [0.717, 1.165) is 5.56 Å². The molecule has 0 aliphatic heterocycles. The first-order chi connectivity index (χ1) is 12.3. The van der Waals surface area contributed by atoms with Crippen LogP contribution in [0.2, 0.25) is 0 Å². The van der Waals surface area contributed by atoms with E-state index >= 15 is 0 Å². The Morgan fingerprint density at radius 2 is 1.58 bits per heavy atom. The van der Waals surface area contributed by atoms with Crippen molar-refractivity contribution in [2.45, 2.75) is 27.2 Å². The summed E-state index contributed by atoms with van der Waals surface area (Å²) in [6.07, 6.45) is 0.439. The molecule has 0 heterocycles. The molecule has 0 aromatic heterocycles. The monoisotopic (exact) mass is 354 g/mol. The molecule has 136 valence electrons. The second kappa shape index (κ2) is 8.29. The molecule has 2 amide bonds. The van der Waals surface area contributed by atoms with Gasteiger partial charge in [0.15, 0.2) is 0 Å². The summed E-state index contributed by atoms with van der Waals surface area (Å²) in [5.41, 5.74) is 2.58. The lowest BCUT2D eigenvalue weighted by molar-refractivity contribution is -0.116. The highest BCUT2D eigenvalue weighted by atomic mass is 16.4. The quantitative estimate of drug-likeness (QED) is 0.732. The minimum atomic E-state index is -1.02. The maximum atomic E-state index is 12.3. The SMILES string of the molecule is Cc1cc(C(=O)Nc2ccc(C(=O)O)cc2)ccc1NC(=O)CC(C)C. The van der Waals surface area contributed by atoms with E-state index in [2.05, 4.69) is 10.6 Å². The summed E-state index contributed by atoms with van der Waals surface area (Å²) in [6.45, 7) is 5.77. The minimum Gasteiger partial charge on any atom is -0.478 e. The van der Waals surface area contributed by atoms with Crippen molar-refractivity contribution in [1.29, 1.82) is 0 Å². The van der Waals surface area contributed by atoms with Gasteiger partial charge in [0.1, 0.15) is 0 Å². The zero-order chi connectivity index (χ0) is 19.3. The summed E-state index contributed by atoms with van der Waals surface area (Å²) in [6, 6.07) is 11.0. The van der Waals surface area contributed by atoms with Crippen molar-refractivity contribution >= 4 is 29.2 Å². The fourth-order valence-electron chi connectivity index (χ4n) is 2.42. The number of carboxylic acids is 1. The Labute approximate surface area is 152 Å². The normalized spacial score (nSPS) is 10.5. The standard InChI is InChI=1S/C20H22N2O4/c1-12(2)10-18(23)22-17-9-6-15(11-13(17)3)19(24)21-16-7-4-14(5-8-16)20(25)26/h4-9,11-12H,10H2,1-3H3,(H,21,24)(H,22,23)(H,25,26). The van der Waals surface area contributed by atoms with Crippen molar-refractivity contribution < 1.29 is 19.5 Å². The number of carbonyl (C=O) groups is 3. The van der Waals surface area contributed by atoms with Gasteiger partial charge in [0.05, 0.1) is 5.56 Å². The molecule has 2 rings (SSSR count). The molecule has 3 N–H and O–H groups in total. The van der Waals surface area contributed by atoms with Gasteiger partial charge in [-0.2, -0.15) is 0 Å². The Morgan fingerprint density at radius 3 is 2.12 bits per heavy atom. The van der Waals surface area contributed by atoms with Crippen LogP contribution >= 0.6 is 0 Å². The smallest absolute Gasteiger partial charge is 0.335 e. The van der Waals surface area contributed by atoms with Gasteiger partial charge in [-0.15, -0.1) is 0 Å². The van der Waals surface area contributed by atoms with Crippen molar-refractivity contribution in [2.24, 2.45) is 5.92 Å². The van der Waals surface area contributed by atoms with E-state index in [0.29, 0.717) is 23.4 Å². The lowest BCUT2D eigenvalue weighted by Gasteiger charge is -2.12. The lowest BCUT2D eigenvalue weighted by Crippen LogP contribution is -2.16. The third kappa shape index (κ3) is 5.17. The third-order valence-corrected chi connectivity index (χ3v) is 3.75. The number of carboxylic acid groups (broad SMARTS) is 1. The molecule has 0 aliphatic carbocycles. The maximum absolute atomic E-state index is 12.3. The van der Waals surface area contributed by atoms with Gasteiger partial charge in [-0.1, -0.05) is 13.8 Å². The summed E-state index contributed by atoms with van der Waals surface area (Å²) in [7, 11) is 0. The van der Waals surface area contributed by atoms with Crippen LogP contribution in [0.3, 0.4) is 0 Å². The van der Waals surface area contributed by atoms with Crippen molar-refractivity contribution in [3.8, 4) is 0 Å². The van der Waals surface area contributed by atoms with Crippen LogP contribution in [0.5, 0.6) is 0 Å². The van der Waals surface area contributed by atoms with Gasteiger partial charge in [0.2, 0.25) is 5.91 Å². The van der Waals surface area contributed by atoms with Crippen LogP contribution < -0.4 is 10.6 Å². The number of hydrogen-bond donors (Lipinski definition) is 3. The molecule has 6 nitrogen and oxygen atoms in total. The summed E-state index contributed by atoms with van der Waals surface area (Å²) in [5, 5.41) is 14.5. The van der Waals surface area contributed by atoms with Gasteiger partial charge in [-0.05, 0) is 60.9 Å². The van der Waals surface area contributed by atoms with Gasteiger partial charge < -0.3 is 15.7 Å². The Morgan fingerprint density at radius 1 is 0.962 bits per heavy atom. The number of aromatic carboxylic acids is 1. The topological polar surface area (TPSA) is 95.5 Å². The van der Waals surface area contributed by atoms with Crippen LogP contribution in [-0.4, -0.2) is 22.9 Å². The lowest BCUT2D eigenvalue weighted by atomic mass is 10.1. The van der Waals surface area contributed by atoms with Crippen LogP contribution in [0.25, 0.3) is 0 Å². The van der Waals surface area contributed by atoms with E-state index in [-0.39, 0.29) is 23.3 Å². The van der Waals surface area contributed by atoms with E-state index in [1.54, 1.807) is 18.2 Å². The zero-order valence-electron chi connectivity index (χ0n) is 15.0. The highest BCUT2D eigenvalue weighted by molar-refractivity contribution is 6.05. The molecular weight excluding hydrogens is 332 g/mol. The first-order valence-electron chi connectivity index (χ1n) is 8.31. The summed E-state index contributed by atoms with van der Waals surface area (Å²) in [5.74, 6) is -1.11. The largest absolute Gasteiger partial charge is 0.478 e. The van der Waals surface area contributed by atoms with Crippen LogP contribution in [0.4, 0.5) is 11.4 Å². The Bertz CT molecular complexity index is 826. The van der Waals surface area contributed by atoms with Gasteiger partial charge in [-0.3, -0.25) is 9.59 Å². The van der Waals surface area contributed by atoms with E-state index in [1.165, 1.54) is 24.3 Å². The van der Waals surface area contributed by atoms with Crippen molar-refractivity contribution in [1.82, 2.24) is 0 Å². The number of rotatable bonds is 6. The summed E-state index contributed by atoms with van der Waals surface area (Å²) in [4.78, 5) is 35.1. The average Bonchev–Trinajstić information content (AvgIpc) is 2.56. The Balaban J connectivity index is 2.06. The maximum Gasteiger partial charge on any atom is 0.335 e. The number of amides is 2. The number of anilines is 2. The van der Waals surface area contributed by atoms with E-state index in [1.807, 2.05) is 20.8 Å². The van der Waals surface area contributed by atoms with E-state index < -0.39 is 5.97 Å². The molecule has 0 radical (unpaired) electrons. The van der Waals surface area contributed by atoms with Crippen molar-refractivity contribution in [3.63, 3.8) is 0 Å². The molecule has 0 atom stereocenters.